The second-order valence-electron chi connectivity index (χ2n) is 11.7. The predicted molar refractivity (Wildman–Crippen MR) is 159 cm³/mol. The summed E-state index contributed by atoms with van der Waals surface area (Å²) in [5.41, 5.74) is 7.00. The summed E-state index contributed by atoms with van der Waals surface area (Å²) in [5, 5.41) is 5.95. The first-order valence-corrected chi connectivity index (χ1v) is 15.0. The number of ether oxygens (including phenoxy) is 1. The molecule has 0 bridgehead atoms. The summed E-state index contributed by atoms with van der Waals surface area (Å²) in [4.78, 5) is 35.0. The molecule has 2 aromatic rings. The van der Waals surface area contributed by atoms with E-state index in [4.69, 9.17) is 9.72 Å². The van der Waals surface area contributed by atoms with Crippen LogP contribution in [0.5, 0.6) is 0 Å². The first-order valence-electron chi connectivity index (χ1n) is 15.0. The number of rotatable bonds is 8. The van der Waals surface area contributed by atoms with E-state index in [1.807, 2.05) is 13.0 Å². The summed E-state index contributed by atoms with van der Waals surface area (Å²) in [6.45, 7) is 7.68. The molecule has 3 heterocycles. The van der Waals surface area contributed by atoms with Gasteiger partial charge in [-0.1, -0.05) is 52.0 Å². The number of anilines is 2. The molecular formula is C33H42N4O3. The lowest BCUT2D eigenvalue weighted by Gasteiger charge is -2.31. The van der Waals surface area contributed by atoms with Gasteiger partial charge in [0.15, 0.2) is 0 Å². The van der Waals surface area contributed by atoms with Gasteiger partial charge in [-0.25, -0.2) is 0 Å². The van der Waals surface area contributed by atoms with Crippen molar-refractivity contribution in [3.8, 4) is 0 Å². The zero-order chi connectivity index (χ0) is 28.1. The minimum atomic E-state index is -0.248. The van der Waals surface area contributed by atoms with Crippen molar-refractivity contribution in [3.63, 3.8) is 0 Å². The number of hydrogen-bond donors (Lipinski definition) is 2. The molecule has 2 amide bonds. The standard InChI is InChI=1S/C33H42N4O3/c1-21-22(2)32-26(17-29(21)25-12-14-40-15-13-25)16-27(19-35-32)33(39)37-30-18-28(20-34-23(30)3)36-31(38)11-7-10-24-8-5-4-6-9-24/h12,16-22,24H,4-11,13-15H2,1-3H3,(H,36,38)(H,37,39). The summed E-state index contributed by atoms with van der Waals surface area (Å²) in [6.07, 6.45) is 17.7. The van der Waals surface area contributed by atoms with Gasteiger partial charge in [-0.3, -0.25) is 19.6 Å². The van der Waals surface area contributed by atoms with Crippen LogP contribution in [0.25, 0.3) is 6.08 Å². The van der Waals surface area contributed by atoms with Crippen molar-refractivity contribution in [1.29, 1.82) is 0 Å². The van der Waals surface area contributed by atoms with Crippen molar-refractivity contribution in [3.05, 3.63) is 64.3 Å². The number of fused-ring (bicyclic) bond motifs is 1. The van der Waals surface area contributed by atoms with Crippen LogP contribution >= 0.6 is 0 Å². The number of aryl methyl sites for hydroxylation is 1. The first-order chi connectivity index (χ1) is 19.4. The maximum absolute atomic E-state index is 13.3. The average Bonchev–Trinajstić information content (AvgIpc) is 2.97. The van der Waals surface area contributed by atoms with Crippen LogP contribution in [0.4, 0.5) is 11.4 Å². The molecule has 0 aromatic carbocycles. The highest BCUT2D eigenvalue weighted by atomic mass is 16.5. The van der Waals surface area contributed by atoms with Crippen LogP contribution < -0.4 is 10.6 Å². The highest BCUT2D eigenvalue weighted by molar-refractivity contribution is 6.05. The highest BCUT2D eigenvalue weighted by Gasteiger charge is 2.29. The third-order valence-electron chi connectivity index (χ3n) is 8.89. The van der Waals surface area contributed by atoms with E-state index in [1.165, 1.54) is 43.3 Å². The van der Waals surface area contributed by atoms with Gasteiger partial charge in [-0.15, -0.1) is 0 Å². The van der Waals surface area contributed by atoms with Crippen LogP contribution in [0.1, 0.15) is 105 Å². The Morgan fingerprint density at radius 2 is 1.85 bits per heavy atom. The van der Waals surface area contributed by atoms with Gasteiger partial charge in [-0.2, -0.15) is 0 Å². The number of nitrogens with one attached hydrogen (secondary N) is 2. The first kappa shape index (κ1) is 28.2. The lowest BCUT2D eigenvalue weighted by molar-refractivity contribution is -0.116. The fourth-order valence-electron chi connectivity index (χ4n) is 6.27. The minimum absolute atomic E-state index is 0.0109. The van der Waals surface area contributed by atoms with Crippen molar-refractivity contribution in [2.45, 2.75) is 84.5 Å². The Morgan fingerprint density at radius 3 is 2.62 bits per heavy atom. The van der Waals surface area contributed by atoms with E-state index in [2.05, 4.69) is 41.6 Å². The summed E-state index contributed by atoms with van der Waals surface area (Å²) in [5.74, 6) is 1.12. The fraction of sp³-hybridized carbons (Fsp3) is 0.515. The fourth-order valence-corrected chi connectivity index (χ4v) is 6.27. The second kappa shape index (κ2) is 12.9. The molecule has 2 N–H and O–H groups in total. The number of amides is 2. The predicted octanol–water partition coefficient (Wildman–Crippen LogP) is 7.21. The largest absolute Gasteiger partial charge is 0.377 e. The Bertz CT molecular complexity index is 1310. The Balaban J connectivity index is 1.24. The molecule has 1 aliphatic heterocycles. The van der Waals surface area contributed by atoms with Crippen molar-refractivity contribution in [2.24, 2.45) is 11.8 Å². The average molecular weight is 543 g/mol. The smallest absolute Gasteiger partial charge is 0.257 e. The van der Waals surface area contributed by atoms with Crippen LogP contribution in [-0.2, 0) is 9.53 Å². The summed E-state index contributed by atoms with van der Waals surface area (Å²) in [7, 11) is 0. The number of hydrogen-bond acceptors (Lipinski definition) is 5. The van der Waals surface area contributed by atoms with Gasteiger partial charge in [0.05, 0.1) is 47.7 Å². The number of pyridine rings is 2. The number of nitrogens with zero attached hydrogens (tertiary/aromatic N) is 2. The number of carbonyl (C=O) groups is 2. The zero-order valence-corrected chi connectivity index (χ0v) is 24.1. The molecule has 40 heavy (non-hydrogen) atoms. The molecule has 7 heteroatoms. The Morgan fingerprint density at radius 1 is 1.02 bits per heavy atom. The third-order valence-corrected chi connectivity index (χ3v) is 8.89. The lowest BCUT2D eigenvalue weighted by atomic mass is 9.75. The maximum atomic E-state index is 13.3. The van der Waals surface area contributed by atoms with Crippen molar-refractivity contribution in [2.75, 3.05) is 23.8 Å². The van der Waals surface area contributed by atoms with Crippen LogP contribution in [-0.4, -0.2) is 35.0 Å². The Hall–Kier alpha value is -3.32. The normalized spacial score (nSPS) is 21.2. The number of carbonyl (C=O) groups excluding carboxylic acids is 2. The summed E-state index contributed by atoms with van der Waals surface area (Å²) >= 11 is 0. The third kappa shape index (κ3) is 6.69. The molecule has 2 aliphatic carbocycles. The van der Waals surface area contributed by atoms with Gasteiger partial charge in [0, 0.05) is 18.5 Å². The molecule has 1 saturated carbocycles. The molecule has 3 aliphatic rings. The second-order valence-corrected chi connectivity index (χ2v) is 11.7. The minimum Gasteiger partial charge on any atom is -0.377 e. The SMILES string of the molecule is Cc1ncc(NC(=O)CCCC2CCCCC2)cc1NC(=O)c1cnc2c(c1)C=C(C1=CCOCC1)C(C)C2C. The number of aromatic nitrogens is 2. The van der Waals surface area contributed by atoms with Gasteiger partial charge >= 0.3 is 0 Å². The van der Waals surface area contributed by atoms with Crippen molar-refractivity contribution in [1.82, 2.24) is 9.97 Å². The highest BCUT2D eigenvalue weighted by Crippen LogP contribution is 2.41. The molecule has 0 spiro atoms. The molecule has 5 rings (SSSR count). The van der Waals surface area contributed by atoms with E-state index in [0.717, 1.165) is 43.0 Å². The van der Waals surface area contributed by atoms with Crippen molar-refractivity contribution >= 4 is 29.3 Å². The summed E-state index contributed by atoms with van der Waals surface area (Å²) in [6, 6.07) is 3.71. The lowest BCUT2D eigenvalue weighted by Crippen LogP contribution is -2.21. The van der Waals surface area contributed by atoms with Gasteiger partial charge in [0.25, 0.3) is 5.91 Å². The quantitative estimate of drug-likeness (QED) is 0.368. The van der Waals surface area contributed by atoms with Gasteiger partial charge in [0.2, 0.25) is 5.91 Å². The molecule has 2 aromatic heterocycles. The van der Waals surface area contributed by atoms with E-state index in [-0.39, 0.29) is 17.7 Å². The van der Waals surface area contributed by atoms with E-state index in [9.17, 15) is 9.59 Å². The molecule has 7 nitrogen and oxygen atoms in total. The van der Waals surface area contributed by atoms with E-state index >= 15 is 0 Å². The molecule has 0 saturated heterocycles. The van der Waals surface area contributed by atoms with Crippen LogP contribution in [0.2, 0.25) is 0 Å². The number of allylic oxidation sites excluding steroid dienone is 1. The molecular weight excluding hydrogens is 500 g/mol. The molecule has 2 unspecified atom stereocenters. The van der Waals surface area contributed by atoms with Gasteiger partial charge in [0.1, 0.15) is 0 Å². The van der Waals surface area contributed by atoms with Gasteiger partial charge < -0.3 is 15.4 Å². The maximum Gasteiger partial charge on any atom is 0.257 e. The molecule has 212 valence electrons. The van der Waals surface area contributed by atoms with Gasteiger partial charge in [-0.05, 0) is 72.9 Å². The van der Waals surface area contributed by atoms with E-state index < -0.39 is 0 Å². The summed E-state index contributed by atoms with van der Waals surface area (Å²) < 4.78 is 5.51. The molecule has 1 fully saturated rings. The monoisotopic (exact) mass is 542 g/mol. The Kier molecular flexibility index (Phi) is 9.10. The molecule has 0 radical (unpaired) electrons. The van der Waals surface area contributed by atoms with E-state index in [0.29, 0.717) is 41.6 Å². The van der Waals surface area contributed by atoms with Crippen LogP contribution in [0.15, 0.2) is 41.7 Å². The topological polar surface area (TPSA) is 93.2 Å². The van der Waals surface area contributed by atoms with E-state index in [1.54, 1.807) is 18.5 Å². The van der Waals surface area contributed by atoms with Crippen LogP contribution in [0, 0.1) is 18.8 Å². The zero-order valence-electron chi connectivity index (χ0n) is 24.1. The van der Waals surface area contributed by atoms with Crippen LogP contribution in [0.3, 0.4) is 0 Å². The molecule has 2 atom stereocenters. The van der Waals surface area contributed by atoms with Crippen molar-refractivity contribution < 1.29 is 14.3 Å². The Labute approximate surface area is 237 Å².